The quantitative estimate of drug-likeness (QED) is 0.679. The van der Waals surface area contributed by atoms with Crippen molar-refractivity contribution < 1.29 is 9.53 Å². The number of hydrogen-bond donors (Lipinski definition) is 1. The first-order valence-electron chi connectivity index (χ1n) is 8.91. The number of nitrogens with one attached hydrogen (secondary N) is 1. The molecular formula is C22H23N3O2. The Labute approximate surface area is 159 Å². The number of anilines is 2. The monoisotopic (exact) mass is 361 g/mol. The maximum Gasteiger partial charge on any atom is 0.259 e. The summed E-state index contributed by atoms with van der Waals surface area (Å²) in [4.78, 5) is 18.9. The van der Waals surface area contributed by atoms with Gasteiger partial charge in [-0.2, -0.15) is 0 Å². The van der Waals surface area contributed by atoms with Gasteiger partial charge in [-0.1, -0.05) is 36.4 Å². The highest BCUT2D eigenvalue weighted by atomic mass is 16.5. The fraction of sp³-hybridized carbons (Fsp3) is 0.182. The van der Waals surface area contributed by atoms with E-state index in [0.717, 1.165) is 17.0 Å². The number of nitrogens with zero attached hydrogens (tertiary/aromatic N) is 2. The second-order valence-electron chi connectivity index (χ2n) is 5.98. The second kappa shape index (κ2) is 8.85. The minimum atomic E-state index is -0.0625. The van der Waals surface area contributed by atoms with Crippen molar-refractivity contribution in [1.29, 1.82) is 0 Å². The predicted molar refractivity (Wildman–Crippen MR) is 108 cm³/mol. The molecule has 0 atom stereocenters. The molecule has 0 aliphatic carbocycles. The summed E-state index contributed by atoms with van der Waals surface area (Å²) in [6, 6.07) is 21.1. The minimum Gasteiger partial charge on any atom is -0.496 e. The van der Waals surface area contributed by atoms with Gasteiger partial charge in [0.1, 0.15) is 11.6 Å². The number of carbonyl (C=O) groups excluding carboxylic acids is 1. The Morgan fingerprint density at radius 2 is 1.78 bits per heavy atom. The van der Waals surface area contributed by atoms with E-state index in [4.69, 9.17) is 4.74 Å². The van der Waals surface area contributed by atoms with E-state index in [-0.39, 0.29) is 5.91 Å². The van der Waals surface area contributed by atoms with Crippen LogP contribution in [0.2, 0.25) is 0 Å². The van der Waals surface area contributed by atoms with Gasteiger partial charge < -0.3 is 15.0 Å². The number of benzene rings is 2. The molecule has 0 saturated heterocycles. The van der Waals surface area contributed by atoms with Crippen LogP contribution in [0.4, 0.5) is 11.5 Å². The average molecular weight is 361 g/mol. The van der Waals surface area contributed by atoms with Crippen LogP contribution in [0.3, 0.4) is 0 Å². The molecule has 0 aliphatic heterocycles. The predicted octanol–water partition coefficient (Wildman–Crippen LogP) is 4.37. The molecule has 5 nitrogen and oxygen atoms in total. The lowest BCUT2D eigenvalue weighted by Gasteiger charge is -2.21. The Hall–Kier alpha value is -3.34. The zero-order valence-corrected chi connectivity index (χ0v) is 15.6. The standard InChI is InChI=1S/C22H23N3O2/c1-3-25(19-10-5-4-6-11-19)22(26)18-13-14-21(24-16-18)23-15-17-9-7-8-12-20(17)27-2/h4-14,16H,3,15H2,1-2H3,(H,23,24). The van der Waals surface area contributed by atoms with Crippen LogP contribution in [0, 0.1) is 0 Å². The SMILES string of the molecule is CCN(C(=O)c1ccc(NCc2ccccc2OC)nc1)c1ccccc1. The van der Waals surface area contributed by atoms with Gasteiger partial charge in [0.2, 0.25) is 0 Å². The van der Waals surface area contributed by atoms with E-state index in [0.29, 0.717) is 24.5 Å². The van der Waals surface area contributed by atoms with Gasteiger partial charge in [-0.05, 0) is 37.3 Å². The van der Waals surface area contributed by atoms with Gasteiger partial charge in [0.25, 0.3) is 5.91 Å². The number of hydrogen-bond acceptors (Lipinski definition) is 4. The number of ether oxygens (including phenoxy) is 1. The van der Waals surface area contributed by atoms with Gasteiger partial charge in [0, 0.05) is 30.5 Å². The van der Waals surface area contributed by atoms with E-state index in [9.17, 15) is 4.79 Å². The van der Waals surface area contributed by atoms with E-state index >= 15 is 0 Å². The van der Waals surface area contributed by atoms with Gasteiger partial charge in [-0.3, -0.25) is 4.79 Å². The molecule has 2 aromatic carbocycles. The first kappa shape index (κ1) is 18.5. The Morgan fingerprint density at radius 1 is 1.04 bits per heavy atom. The summed E-state index contributed by atoms with van der Waals surface area (Å²) >= 11 is 0. The number of amides is 1. The van der Waals surface area contributed by atoms with Crippen LogP contribution in [-0.4, -0.2) is 24.5 Å². The number of methoxy groups -OCH3 is 1. The molecular weight excluding hydrogens is 338 g/mol. The lowest BCUT2D eigenvalue weighted by atomic mass is 10.2. The van der Waals surface area contributed by atoms with Crippen LogP contribution >= 0.6 is 0 Å². The van der Waals surface area contributed by atoms with E-state index in [1.165, 1.54) is 0 Å². The summed E-state index contributed by atoms with van der Waals surface area (Å²) in [5, 5.41) is 3.26. The molecule has 5 heteroatoms. The fourth-order valence-electron chi connectivity index (χ4n) is 2.87. The number of para-hydroxylation sites is 2. The Balaban J connectivity index is 1.68. The van der Waals surface area contributed by atoms with Gasteiger partial charge in [0.05, 0.1) is 12.7 Å². The molecule has 1 aromatic heterocycles. The largest absolute Gasteiger partial charge is 0.496 e. The molecule has 1 amide bonds. The summed E-state index contributed by atoms with van der Waals surface area (Å²) in [5.41, 5.74) is 2.48. The van der Waals surface area contributed by atoms with Crippen molar-refractivity contribution in [3.63, 3.8) is 0 Å². The molecule has 1 heterocycles. The molecule has 27 heavy (non-hydrogen) atoms. The molecule has 0 bridgehead atoms. The number of carbonyl (C=O) groups is 1. The van der Waals surface area contributed by atoms with Crippen LogP contribution in [0.1, 0.15) is 22.8 Å². The van der Waals surface area contributed by atoms with Crippen molar-refractivity contribution in [3.05, 3.63) is 84.1 Å². The molecule has 3 rings (SSSR count). The summed E-state index contributed by atoms with van der Waals surface area (Å²) in [6.45, 7) is 3.15. The Bertz CT molecular complexity index is 880. The van der Waals surface area contributed by atoms with E-state index in [1.54, 1.807) is 24.3 Å². The third-order valence-electron chi connectivity index (χ3n) is 4.29. The first-order chi connectivity index (χ1) is 13.2. The summed E-state index contributed by atoms with van der Waals surface area (Å²) in [6.07, 6.45) is 1.61. The highest BCUT2D eigenvalue weighted by Crippen LogP contribution is 2.19. The lowest BCUT2D eigenvalue weighted by molar-refractivity contribution is 0.0988. The minimum absolute atomic E-state index is 0.0625. The smallest absolute Gasteiger partial charge is 0.259 e. The van der Waals surface area contributed by atoms with Crippen molar-refractivity contribution in [1.82, 2.24) is 4.98 Å². The van der Waals surface area contributed by atoms with Crippen LogP contribution in [0.15, 0.2) is 72.9 Å². The highest BCUT2D eigenvalue weighted by molar-refractivity contribution is 6.05. The Kier molecular flexibility index (Phi) is 6.05. The zero-order chi connectivity index (χ0) is 19.1. The van der Waals surface area contributed by atoms with Gasteiger partial charge in [0.15, 0.2) is 0 Å². The zero-order valence-electron chi connectivity index (χ0n) is 15.6. The number of pyridine rings is 1. The normalized spacial score (nSPS) is 10.3. The van der Waals surface area contributed by atoms with Gasteiger partial charge >= 0.3 is 0 Å². The molecule has 1 N–H and O–H groups in total. The van der Waals surface area contributed by atoms with Crippen molar-refractivity contribution >= 4 is 17.4 Å². The van der Waals surface area contributed by atoms with E-state index in [1.807, 2.05) is 67.6 Å². The van der Waals surface area contributed by atoms with E-state index in [2.05, 4.69) is 10.3 Å². The van der Waals surface area contributed by atoms with Crippen LogP contribution in [-0.2, 0) is 6.54 Å². The third-order valence-corrected chi connectivity index (χ3v) is 4.29. The van der Waals surface area contributed by atoms with Crippen LogP contribution in [0.25, 0.3) is 0 Å². The molecule has 0 aliphatic rings. The van der Waals surface area contributed by atoms with Gasteiger partial charge in [-0.15, -0.1) is 0 Å². The Morgan fingerprint density at radius 3 is 2.44 bits per heavy atom. The van der Waals surface area contributed by atoms with Crippen LogP contribution in [0.5, 0.6) is 5.75 Å². The molecule has 0 fully saturated rings. The fourth-order valence-corrected chi connectivity index (χ4v) is 2.87. The maximum atomic E-state index is 12.8. The number of rotatable bonds is 7. The summed E-state index contributed by atoms with van der Waals surface area (Å²) in [5.74, 6) is 1.48. The average Bonchev–Trinajstić information content (AvgIpc) is 2.74. The van der Waals surface area contributed by atoms with Crippen LogP contribution < -0.4 is 15.0 Å². The molecule has 0 radical (unpaired) electrons. The molecule has 0 saturated carbocycles. The first-order valence-corrected chi connectivity index (χ1v) is 8.91. The van der Waals surface area contributed by atoms with Crippen molar-refractivity contribution in [2.75, 3.05) is 23.9 Å². The summed E-state index contributed by atoms with van der Waals surface area (Å²) < 4.78 is 5.35. The van der Waals surface area contributed by atoms with Crippen molar-refractivity contribution in [2.24, 2.45) is 0 Å². The van der Waals surface area contributed by atoms with E-state index < -0.39 is 0 Å². The maximum absolute atomic E-state index is 12.8. The second-order valence-corrected chi connectivity index (χ2v) is 5.98. The highest BCUT2D eigenvalue weighted by Gasteiger charge is 2.16. The lowest BCUT2D eigenvalue weighted by Crippen LogP contribution is -2.30. The summed E-state index contributed by atoms with van der Waals surface area (Å²) in [7, 11) is 1.66. The van der Waals surface area contributed by atoms with Crippen molar-refractivity contribution in [3.8, 4) is 5.75 Å². The molecule has 0 spiro atoms. The molecule has 138 valence electrons. The molecule has 0 unspecified atom stereocenters. The third kappa shape index (κ3) is 4.44. The molecule has 3 aromatic rings. The topological polar surface area (TPSA) is 54.5 Å². The van der Waals surface area contributed by atoms with Crippen molar-refractivity contribution in [2.45, 2.75) is 13.5 Å². The van der Waals surface area contributed by atoms with Gasteiger partial charge in [-0.25, -0.2) is 4.98 Å². The number of aromatic nitrogens is 1.